The maximum absolute atomic E-state index is 12.6. The van der Waals surface area contributed by atoms with Gasteiger partial charge in [0.2, 0.25) is 5.91 Å². The molecule has 3 atom stereocenters. The van der Waals surface area contributed by atoms with E-state index in [4.69, 9.17) is 0 Å². The highest BCUT2D eigenvalue weighted by Gasteiger charge is 2.40. The topological polar surface area (TPSA) is 70.2 Å². The molecule has 1 aromatic heterocycles. The summed E-state index contributed by atoms with van der Waals surface area (Å²) in [6.07, 6.45) is 2.20. The van der Waals surface area contributed by atoms with Gasteiger partial charge in [0.05, 0.1) is 4.88 Å². The predicted molar refractivity (Wildman–Crippen MR) is 99.8 cm³/mol. The Morgan fingerprint density at radius 3 is 2.72 bits per heavy atom. The Hall–Kier alpha value is -2.18. The summed E-state index contributed by atoms with van der Waals surface area (Å²) in [5.41, 5.74) is 1.70. The molecule has 4 rings (SSSR count). The van der Waals surface area contributed by atoms with Gasteiger partial charge in [-0.3, -0.25) is 9.59 Å². The van der Waals surface area contributed by atoms with Crippen LogP contribution in [0.25, 0.3) is 10.4 Å². The van der Waals surface area contributed by atoms with Crippen LogP contribution < -0.4 is 16.0 Å². The summed E-state index contributed by atoms with van der Waals surface area (Å²) in [4.78, 5) is 25.7. The molecule has 25 heavy (non-hydrogen) atoms. The molecule has 1 aliphatic carbocycles. The molecule has 1 saturated heterocycles. The van der Waals surface area contributed by atoms with E-state index in [2.05, 4.69) is 16.0 Å². The molecule has 1 aromatic carbocycles. The fourth-order valence-electron chi connectivity index (χ4n) is 3.85. The number of anilines is 1. The lowest BCUT2D eigenvalue weighted by Crippen LogP contribution is -2.43. The van der Waals surface area contributed by atoms with E-state index >= 15 is 0 Å². The van der Waals surface area contributed by atoms with Crippen LogP contribution in [0.5, 0.6) is 0 Å². The van der Waals surface area contributed by atoms with Gasteiger partial charge in [0.15, 0.2) is 0 Å². The molecule has 6 heteroatoms. The number of fused-ring (bicyclic) bond motifs is 2. The van der Waals surface area contributed by atoms with Crippen molar-refractivity contribution in [1.82, 2.24) is 10.6 Å². The number of rotatable bonds is 4. The lowest BCUT2D eigenvalue weighted by Gasteiger charge is -2.23. The number of carbonyl (C=O) groups is 2. The monoisotopic (exact) mass is 355 g/mol. The standard InChI is InChI=1S/C19H21N3O2S/c1-11(23)21-15-5-3-2-4-14(15)17-6-7-18(25-17)19(24)22-16-9-13-8-12(16)10-20-13/h2-7,12-13,16,20H,8-10H2,1H3,(H,21,23)(H,22,24). The van der Waals surface area contributed by atoms with Gasteiger partial charge in [-0.25, -0.2) is 0 Å². The zero-order chi connectivity index (χ0) is 17.4. The highest BCUT2D eigenvalue weighted by atomic mass is 32.1. The number of hydrogen-bond acceptors (Lipinski definition) is 4. The molecular weight excluding hydrogens is 334 g/mol. The van der Waals surface area contributed by atoms with E-state index in [9.17, 15) is 9.59 Å². The molecule has 0 spiro atoms. The van der Waals surface area contributed by atoms with Gasteiger partial charge in [-0.15, -0.1) is 11.3 Å². The Balaban J connectivity index is 1.50. The van der Waals surface area contributed by atoms with Gasteiger partial charge in [0, 0.05) is 41.7 Å². The lowest BCUT2D eigenvalue weighted by molar-refractivity contribution is -0.114. The first-order valence-corrected chi connectivity index (χ1v) is 9.43. The summed E-state index contributed by atoms with van der Waals surface area (Å²) in [5.74, 6) is 0.464. The van der Waals surface area contributed by atoms with Gasteiger partial charge in [0.25, 0.3) is 5.91 Å². The van der Waals surface area contributed by atoms with Crippen molar-refractivity contribution in [3.05, 3.63) is 41.3 Å². The first-order chi connectivity index (χ1) is 12.1. The molecule has 5 nitrogen and oxygen atoms in total. The minimum Gasteiger partial charge on any atom is -0.348 e. The second-order valence-corrected chi connectivity index (χ2v) is 7.89. The Kier molecular flexibility index (Phi) is 4.31. The average molecular weight is 355 g/mol. The molecule has 1 aliphatic heterocycles. The maximum atomic E-state index is 12.6. The van der Waals surface area contributed by atoms with Crippen LogP contribution in [0.15, 0.2) is 36.4 Å². The van der Waals surface area contributed by atoms with Gasteiger partial charge in [-0.1, -0.05) is 18.2 Å². The number of hydrogen-bond donors (Lipinski definition) is 3. The molecular formula is C19H21N3O2S. The number of amides is 2. The van der Waals surface area contributed by atoms with Crippen LogP contribution in [0.2, 0.25) is 0 Å². The normalized spacial score (nSPS) is 24.3. The van der Waals surface area contributed by atoms with Gasteiger partial charge in [0.1, 0.15) is 0 Å². The molecule has 2 bridgehead atoms. The van der Waals surface area contributed by atoms with Crippen molar-refractivity contribution in [3.63, 3.8) is 0 Å². The van der Waals surface area contributed by atoms with Crippen molar-refractivity contribution in [2.24, 2.45) is 5.92 Å². The van der Waals surface area contributed by atoms with E-state index in [1.54, 1.807) is 0 Å². The van der Waals surface area contributed by atoms with E-state index < -0.39 is 0 Å². The van der Waals surface area contributed by atoms with E-state index in [1.807, 2.05) is 36.4 Å². The molecule has 2 fully saturated rings. The van der Waals surface area contributed by atoms with Crippen LogP contribution in [0.3, 0.4) is 0 Å². The van der Waals surface area contributed by atoms with Gasteiger partial charge in [-0.2, -0.15) is 0 Å². The highest BCUT2D eigenvalue weighted by Crippen LogP contribution is 2.35. The maximum Gasteiger partial charge on any atom is 0.261 e. The van der Waals surface area contributed by atoms with E-state index in [1.165, 1.54) is 24.7 Å². The zero-order valence-corrected chi connectivity index (χ0v) is 14.9. The lowest BCUT2D eigenvalue weighted by atomic mass is 10.0. The van der Waals surface area contributed by atoms with Crippen molar-refractivity contribution in [2.45, 2.75) is 31.8 Å². The third-order valence-electron chi connectivity index (χ3n) is 5.01. The number of nitrogens with one attached hydrogen (secondary N) is 3. The molecule has 0 radical (unpaired) electrons. The summed E-state index contributed by atoms with van der Waals surface area (Å²) >= 11 is 1.46. The molecule has 2 heterocycles. The summed E-state index contributed by atoms with van der Waals surface area (Å²) < 4.78 is 0. The van der Waals surface area contributed by atoms with Crippen LogP contribution in [0, 0.1) is 5.92 Å². The molecule has 130 valence electrons. The summed E-state index contributed by atoms with van der Waals surface area (Å²) in [7, 11) is 0. The van der Waals surface area contributed by atoms with Gasteiger partial charge < -0.3 is 16.0 Å². The zero-order valence-electron chi connectivity index (χ0n) is 14.0. The van der Waals surface area contributed by atoms with Crippen molar-refractivity contribution in [1.29, 1.82) is 0 Å². The fourth-order valence-corrected chi connectivity index (χ4v) is 4.80. The van der Waals surface area contributed by atoms with Crippen LogP contribution in [-0.4, -0.2) is 30.4 Å². The van der Waals surface area contributed by atoms with Crippen molar-refractivity contribution in [2.75, 3.05) is 11.9 Å². The molecule has 3 unspecified atom stereocenters. The highest BCUT2D eigenvalue weighted by molar-refractivity contribution is 7.17. The number of piperidine rings is 1. The van der Waals surface area contributed by atoms with E-state index in [-0.39, 0.29) is 17.9 Å². The second kappa shape index (κ2) is 6.61. The van der Waals surface area contributed by atoms with Crippen LogP contribution >= 0.6 is 11.3 Å². The smallest absolute Gasteiger partial charge is 0.261 e. The minimum atomic E-state index is -0.105. The fraction of sp³-hybridized carbons (Fsp3) is 0.368. The summed E-state index contributed by atoms with van der Waals surface area (Å²) in [6.45, 7) is 2.50. The number of para-hydroxylation sites is 1. The number of carbonyl (C=O) groups excluding carboxylic acids is 2. The Labute approximate surface area is 150 Å². The Bertz CT molecular complexity index is 817. The van der Waals surface area contributed by atoms with Gasteiger partial charge >= 0.3 is 0 Å². The van der Waals surface area contributed by atoms with E-state index in [0.29, 0.717) is 16.8 Å². The minimum absolute atomic E-state index is 0.00538. The van der Waals surface area contributed by atoms with Crippen LogP contribution in [0.4, 0.5) is 5.69 Å². The van der Waals surface area contributed by atoms with Crippen molar-refractivity contribution >= 4 is 28.8 Å². The molecule has 2 aromatic rings. The van der Waals surface area contributed by atoms with E-state index in [0.717, 1.165) is 29.1 Å². The first kappa shape index (κ1) is 16.3. The summed E-state index contributed by atoms with van der Waals surface area (Å²) in [6, 6.07) is 12.3. The van der Waals surface area contributed by atoms with Crippen LogP contribution in [0.1, 0.15) is 29.4 Å². The molecule has 2 amide bonds. The van der Waals surface area contributed by atoms with Gasteiger partial charge in [-0.05, 0) is 37.0 Å². The largest absolute Gasteiger partial charge is 0.348 e. The van der Waals surface area contributed by atoms with Crippen LogP contribution in [-0.2, 0) is 4.79 Å². The van der Waals surface area contributed by atoms with Crippen molar-refractivity contribution < 1.29 is 9.59 Å². The predicted octanol–water partition coefficient (Wildman–Crippen LogP) is 2.85. The SMILES string of the molecule is CC(=O)Nc1ccccc1-c1ccc(C(=O)NC2CC3CC2CN3)s1. The molecule has 3 N–H and O–H groups in total. The number of thiophene rings is 1. The second-order valence-electron chi connectivity index (χ2n) is 6.81. The Morgan fingerprint density at radius 1 is 1.16 bits per heavy atom. The molecule has 1 saturated carbocycles. The third kappa shape index (κ3) is 3.32. The Morgan fingerprint density at radius 2 is 2.00 bits per heavy atom. The third-order valence-corrected chi connectivity index (χ3v) is 6.13. The molecule has 2 aliphatic rings. The quantitative estimate of drug-likeness (QED) is 0.790. The average Bonchev–Trinajstić information content (AvgIpc) is 3.31. The number of benzene rings is 1. The van der Waals surface area contributed by atoms with Crippen molar-refractivity contribution in [3.8, 4) is 10.4 Å². The summed E-state index contributed by atoms with van der Waals surface area (Å²) in [5, 5.41) is 9.51. The first-order valence-electron chi connectivity index (χ1n) is 8.61.